The molecule has 2 fully saturated rings. The number of anilines is 3. The average molecular weight is 474 g/mol. The Kier molecular flexibility index (Phi) is 7.76. The summed E-state index contributed by atoms with van der Waals surface area (Å²) >= 11 is 0. The quantitative estimate of drug-likeness (QED) is 0.455. The van der Waals surface area contributed by atoms with Crippen LogP contribution in [0, 0.1) is 0 Å². The minimum atomic E-state index is -0.148. The normalized spacial score (nSPS) is 23.7. The van der Waals surface area contributed by atoms with Gasteiger partial charge in [-0.1, -0.05) is 26.2 Å². The Morgan fingerprint density at radius 1 is 0.765 bits per heavy atom. The lowest BCUT2D eigenvalue weighted by molar-refractivity contribution is 0.215. The van der Waals surface area contributed by atoms with Crippen LogP contribution in [0.5, 0.6) is 0 Å². The predicted octanol–water partition coefficient (Wildman–Crippen LogP) is 5.90. The van der Waals surface area contributed by atoms with Crippen molar-refractivity contribution in [2.24, 2.45) is 5.73 Å². The summed E-state index contributed by atoms with van der Waals surface area (Å²) in [5.41, 5.74) is 6.14. The number of piperidine rings is 2. The largest absolute Gasteiger partial charge is 0.354 e. The molecule has 0 bridgehead atoms. The summed E-state index contributed by atoms with van der Waals surface area (Å²) < 4.78 is 0. The Morgan fingerprint density at radius 2 is 1.26 bits per heavy atom. The molecule has 2 aliphatic rings. The highest BCUT2D eigenvalue weighted by Gasteiger charge is 2.47. The van der Waals surface area contributed by atoms with E-state index in [1.165, 1.54) is 25.7 Å². The first-order valence-electron chi connectivity index (χ1n) is 13.6. The summed E-state index contributed by atoms with van der Waals surface area (Å²) in [6, 6.07) is 0.179. The fraction of sp³-hybridized carbons (Fsp3) is 0.889. The van der Waals surface area contributed by atoms with Crippen LogP contribution >= 0.6 is 0 Å². The minimum absolute atomic E-state index is 0.0198. The number of unbranched alkanes of at least 4 members (excludes halogenated alkanes) is 3. The lowest BCUT2D eigenvalue weighted by Gasteiger charge is -2.55. The molecule has 7 heteroatoms. The van der Waals surface area contributed by atoms with E-state index in [0.29, 0.717) is 5.95 Å². The third-order valence-corrected chi connectivity index (χ3v) is 7.85. The van der Waals surface area contributed by atoms with Gasteiger partial charge in [0.25, 0.3) is 0 Å². The van der Waals surface area contributed by atoms with Crippen molar-refractivity contribution in [1.82, 2.24) is 15.0 Å². The average Bonchev–Trinajstić information content (AvgIpc) is 2.63. The van der Waals surface area contributed by atoms with Crippen molar-refractivity contribution in [1.29, 1.82) is 0 Å². The predicted molar refractivity (Wildman–Crippen MR) is 145 cm³/mol. The Hall–Kier alpha value is -1.63. The van der Waals surface area contributed by atoms with Gasteiger partial charge in [-0.05, 0) is 93.9 Å². The molecule has 3 N–H and O–H groups in total. The van der Waals surface area contributed by atoms with Gasteiger partial charge in [-0.25, -0.2) is 0 Å². The Labute approximate surface area is 208 Å². The molecule has 0 unspecified atom stereocenters. The standard InChI is InChI=1S/C27H51N7/c1-10-11-12-13-17-29-21-30-22(33-24(2,3)15-14-16-25(33,4)5)32-23(31-21)34-26(6,7)18-20(28)19-27(34,8)9/h20H,10-19,28H2,1-9H3,(H,29,30,31,32). The Morgan fingerprint density at radius 3 is 1.76 bits per heavy atom. The Bertz CT molecular complexity index is 796. The second-order valence-electron chi connectivity index (χ2n) is 13.2. The molecular formula is C27H51N7. The summed E-state index contributed by atoms with van der Waals surface area (Å²) in [7, 11) is 0. The van der Waals surface area contributed by atoms with E-state index in [1.54, 1.807) is 0 Å². The zero-order chi connectivity index (χ0) is 25.4. The van der Waals surface area contributed by atoms with Crippen molar-refractivity contribution < 1.29 is 0 Å². The van der Waals surface area contributed by atoms with Gasteiger partial charge in [0.2, 0.25) is 17.8 Å². The first-order chi connectivity index (χ1) is 15.7. The van der Waals surface area contributed by atoms with Crippen LogP contribution in [-0.4, -0.2) is 49.7 Å². The second-order valence-corrected chi connectivity index (χ2v) is 13.2. The highest BCUT2D eigenvalue weighted by molar-refractivity contribution is 5.52. The number of hydrogen-bond donors (Lipinski definition) is 2. The molecule has 0 saturated carbocycles. The highest BCUT2D eigenvalue weighted by Crippen LogP contribution is 2.43. The van der Waals surface area contributed by atoms with Gasteiger partial charge in [0, 0.05) is 34.7 Å². The van der Waals surface area contributed by atoms with Gasteiger partial charge in [-0.15, -0.1) is 0 Å². The van der Waals surface area contributed by atoms with Crippen molar-refractivity contribution in [2.45, 2.75) is 148 Å². The maximum absolute atomic E-state index is 6.48. The van der Waals surface area contributed by atoms with Crippen LogP contribution in [-0.2, 0) is 0 Å². The fourth-order valence-electron chi connectivity index (χ4n) is 6.82. The molecule has 0 aliphatic carbocycles. The molecule has 194 valence electrons. The summed E-state index contributed by atoms with van der Waals surface area (Å²) in [5, 5.41) is 3.54. The highest BCUT2D eigenvalue weighted by atomic mass is 15.4. The van der Waals surface area contributed by atoms with Gasteiger partial charge in [0.15, 0.2) is 0 Å². The number of nitrogens with two attached hydrogens (primary N) is 1. The number of aromatic nitrogens is 3. The van der Waals surface area contributed by atoms with E-state index in [0.717, 1.165) is 50.5 Å². The van der Waals surface area contributed by atoms with E-state index in [4.69, 9.17) is 20.7 Å². The van der Waals surface area contributed by atoms with Crippen LogP contribution in [0.4, 0.5) is 17.8 Å². The fourth-order valence-corrected chi connectivity index (χ4v) is 6.82. The monoisotopic (exact) mass is 473 g/mol. The molecule has 0 amide bonds. The molecule has 0 atom stereocenters. The van der Waals surface area contributed by atoms with Crippen molar-refractivity contribution in [2.75, 3.05) is 21.7 Å². The van der Waals surface area contributed by atoms with Crippen molar-refractivity contribution in [3.63, 3.8) is 0 Å². The molecule has 3 rings (SSSR count). The van der Waals surface area contributed by atoms with Gasteiger partial charge >= 0.3 is 0 Å². The topological polar surface area (TPSA) is 83.2 Å². The zero-order valence-corrected chi connectivity index (χ0v) is 23.5. The van der Waals surface area contributed by atoms with Crippen LogP contribution in [0.15, 0.2) is 0 Å². The maximum Gasteiger partial charge on any atom is 0.232 e. The smallest absolute Gasteiger partial charge is 0.232 e. The minimum Gasteiger partial charge on any atom is -0.354 e. The first kappa shape index (κ1) is 27.0. The van der Waals surface area contributed by atoms with Crippen LogP contribution < -0.4 is 20.9 Å². The summed E-state index contributed by atoms with van der Waals surface area (Å²) in [5.74, 6) is 2.24. The molecule has 7 nitrogen and oxygen atoms in total. The SMILES string of the molecule is CCCCCCNc1nc(N2C(C)(C)CCCC2(C)C)nc(N2C(C)(C)CC(N)CC2(C)C)n1. The molecule has 1 aromatic heterocycles. The molecule has 0 spiro atoms. The van der Waals surface area contributed by atoms with Gasteiger partial charge < -0.3 is 20.9 Å². The number of hydrogen-bond acceptors (Lipinski definition) is 7. The zero-order valence-electron chi connectivity index (χ0n) is 23.5. The lowest BCUT2D eigenvalue weighted by atomic mass is 9.77. The molecule has 0 radical (unpaired) electrons. The van der Waals surface area contributed by atoms with Crippen LogP contribution in [0.3, 0.4) is 0 Å². The number of nitrogens with zero attached hydrogens (tertiary/aromatic N) is 5. The molecule has 0 aromatic carbocycles. The van der Waals surface area contributed by atoms with Crippen molar-refractivity contribution >= 4 is 17.8 Å². The third kappa shape index (κ3) is 5.77. The molecular weight excluding hydrogens is 422 g/mol. The Balaban J connectivity index is 2.06. The van der Waals surface area contributed by atoms with E-state index in [2.05, 4.69) is 77.4 Å². The molecule has 2 aliphatic heterocycles. The van der Waals surface area contributed by atoms with Gasteiger partial charge in [0.05, 0.1) is 0 Å². The second kappa shape index (κ2) is 9.79. The van der Waals surface area contributed by atoms with Gasteiger partial charge in [-0.2, -0.15) is 15.0 Å². The third-order valence-electron chi connectivity index (χ3n) is 7.85. The molecule has 34 heavy (non-hydrogen) atoms. The maximum atomic E-state index is 6.48. The van der Waals surface area contributed by atoms with E-state index in [1.807, 2.05) is 0 Å². The van der Waals surface area contributed by atoms with E-state index >= 15 is 0 Å². The number of rotatable bonds is 8. The first-order valence-corrected chi connectivity index (χ1v) is 13.6. The van der Waals surface area contributed by atoms with Gasteiger partial charge in [-0.3, -0.25) is 0 Å². The van der Waals surface area contributed by atoms with E-state index in [9.17, 15) is 0 Å². The van der Waals surface area contributed by atoms with Crippen LogP contribution in [0.25, 0.3) is 0 Å². The number of nitrogens with one attached hydrogen (secondary N) is 1. The van der Waals surface area contributed by atoms with Crippen LogP contribution in [0.2, 0.25) is 0 Å². The van der Waals surface area contributed by atoms with E-state index in [-0.39, 0.29) is 28.2 Å². The van der Waals surface area contributed by atoms with Crippen molar-refractivity contribution in [3.05, 3.63) is 0 Å². The lowest BCUT2D eigenvalue weighted by Crippen LogP contribution is -2.64. The van der Waals surface area contributed by atoms with E-state index < -0.39 is 0 Å². The summed E-state index contributed by atoms with van der Waals surface area (Å²) in [4.78, 5) is 20.1. The summed E-state index contributed by atoms with van der Waals surface area (Å²) in [6.45, 7) is 21.5. The molecule has 1 aromatic rings. The molecule has 3 heterocycles. The molecule has 2 saturated heterocycles. The van der Waals surface area contributed by atoms with Crippen LogP contribution in [0.1, 0.15) is 120 Å². The summed E-state index contributed by atoms with van der Waals surface area (Å²) in [6.07, 6.45) is 10.2. The van der Waals surface area contributed by atoms with Gasteiger partial charge in [0.1, 0.15) is 0 Å². The van der Waals surface area contributed by atoms with Crippen molar-refractivity contribution in [3.8, 4) is 0 Å².